The minimum absolute atomic E-state index is 0.0350. The Labute approximate surface area is 134 Å². The summed E-state index contributed by atoms with van der Waals surface area (Å²) < 4.78 is 0. The van der Waals surface area contributed by atoms with E-state index in [0.717, 1.165) is 37.9 Å². The molecule has 23 heavy (non-hydrogen) atoms. The normalized spacial score (nSPS) is 19.3. The van der Waals surface area contributed by atoms with Gasteiger partial charge in [0.15, 0.2) is 0 Å². The average molecular weight is 312 g/mol. The van der Waals surface area contributed by atoms with Crippen molar-refractivity contribution in [3.8, 4) is 0 Å². The molecule has 0 unspecified atom stereocenters. The lowest BCUT2D eigenvalue weighted by molar-refractivity contribution is -0.385. The smallest absolute Gasteiger partial charge is 0.272 e. The average Bonchev–Trinajstić information content (AvgIpc) is 2.95. The van der Waals surface area contributed by atoms with E-state index < -0.39 is 0 Å². The molecule has 6 heteroatoms. The lowest BCUT2D eigenvalue weighted by Gasteiger charge is -2.52. The summed E-state index contributed by atoms with van der Waals surface area (Å²) in [5.41, 5.74) is 4.42. The van der Waals surface area contributed by atoms with E-state index in [1.165, 1.54) is 17.8 Å². The monoisotopic (exact) mass is 312 g/mol. The van der Waals surface area contributed by atoms with E-state index in [0.29, 0.717) is 5.56 Å². The van der Waals surface area contributed by atoms with E-state index in [9.17, 15) is 10.1 Å². The van der Waals surface area contributed by atoms with Gasteiger partial charge in [0.2, 0.25) is 0 Å². The first kappa shape index (κ1) is 14.4. The Morgan fingerprint density at radius 1 is 1.43 bits per heavy atom. The van der Waals surface area contributed by atoms with Crippen LogP contribution in [0.5, 0.6) is 0 Å². The third-order valence-electron chi connectivity index (χ3n) is 5.42. The molecule has 1 N–H and O–H groups in total. The van der Waals surface area contributed by atoms with E-state index in [1.807, 2.05) is 12.1 Å². The highest BCUT2D eigenvalue weighted by atomic mass is 16.6. The van der Waals surface area contributed by atoms with Crippen LogP contribution in [0, 0.1) is 17.0 Å². The molecule has 1 fully saturated rings. The molecule has 2 heterocycles. The largest absolute Gasteiger partial charge is 0.348 e. The van der Waals surface area contributed by atoms with Crippen LogP contribution in [-0.4, -0.2) is 26.3 Å². The zero-order chi connectivity index (χ0) is 16.0. The number of aromatic amines is 1. The van der Waals surface area contributed by atoms with Gasteiger partial charge in [-0.15, -0.1) is 0 Å². The van der Waals surface area contributed by atoms with Gasteiger partial charge in [-0.3, -0.25) is 15.0 Å². The lowest BCUT2D eigenvalue weighted by Crippen LogP contribution is -2.54. The van der Waals surface area contributed by atoms with Crippen LogP contribution in [0.1, 0.15) is 41.8 Å². The predicted molar refractivity (Wildman–Crippen MR) is 86.1 cm³/mol. The van der Waals surface area contributed by atoms with Gasteiger partial charge in [0.25, 0.3) is 5.69 Å². The highest BCUT2D eigenvalue weighted by Gasteiger charge is 2.48. The Bertz CT molecular complexity index is 764. The SMILES string of the molecule is Cc1ccc(CN2CCc3[nH]cnc3C23CCC3)cc1[N+](=O)[O-]. The molecule has 0 bridgehead atoms. The second kappa shape index (κ2) is 5.16. The molecular weight excluding hydrogens is 292 g/mol. The molecule has 0 radical (unpaired) electrons. The van der Waals surface area contributed by atoms with Gasteiger partial charge in [-0.2, -0.15) is 0 Å². The number of nitrogens with zero attached hydrogens (tertiary/aromatic N) is 3. The van der Waals surface area contributed by atoms with Crippen LogP contribution in [0.2, 0.25) is 0 Å². The molecule has 1 aliphatic carbocycles. The fourth-order valence-electron chi connectivity index (χ4n) is 3.99. The van der Waals surface area contributed by atoms with Crippen molar-refractivity contribution in [2.75, 3.05) is 6.54 Å². The highest BCUT2D eigenvalue weighted by molar-refractivity contribution is 5.42. The number of imidazole rings is 1. The van der Waals surface area contributed by atoms with E-state index in [2.05, 4.69) is 14.9 Å². The fraction of sp³-hybridized carbons (Fsp3) is 0.471. The number of benzene rings is 1. The third-order valence-corrected chi connectivity index (χ3v) is 5.42. The number of aromatic nitrogens is 2. The van der Waals surface area contributed by atoms with Crippen molar-refractivity contribution in [1.29, 1.82) is 0 Å². The number of rotatable bonds is 3. The van der Waals surface area contributed by atoms with Crippen molar-refractivity contribution in [2.24, 2.45) is 0 Å². The molecule has 1 aromatic heterocycles. The molecule has 4 rings (SSSR count). The molecule has 0 amide bonds. The van der Waals surface area contributed by atoms with E-state index >= 15 is 0 Å². The summed E-state index contributed by atoms with van der Waals surface area (Å²) in [6.45, 7) is 3.50. The molecule has 1 saturated carbocycles. The number of nitro groups is 1. The summed E-state index contributed by atoms with van der Waals surface area (Å²) in [6.07, 6.45) is 6.23. The number of H-pyrrole nitrogens is 1. The van der Waals surface area contributed by atoms with Gasteiger partial charge >= 0.3 is 0 Å². The summed E-state index contributed by atoms with van der Waals surface area (Å²) in [5, 5.41) is 11.2. The van der Waals surface area contributed by atoms with Gasteiger partial charge in [-0.25, -0.2) is 4.98 Å². The quantitative estimate of drug-likeness (QED) is 0.698. The number of hydrogen-bond donors (Lipinski definition) is 1. The van der Waals surface area contributed by atoms with Gasteiger partial charge in [-0.05, 0) is 31.7 Å². The van der Waals surface area contributed by atoms with Crippen LogP contribution in [0.4, 0.5) is 5.69 Å². The second-order valence-electron chi connectivity index (χ2n) is 6.66. The van der Waals surface area contributed by atoms with Crippen molar-refractivity contribution in [1.82, 2.24) is 14.9 Å². The summed E-state index contributed by atoms with van der Waals surface area (Å²) in [4.78, 5) is 21.2. The maximum Gasteiger partial charge on any atom is 0.272 e. The Morgan fingerprint density at radius 3 is 2.96 bits per heavy atom. The number of fused-ring (bicyclic) bond motifs is 2. The molecule has 0 saturated heterocycles. The highest BCUT2D eigenvalue weighted by Crippen LogP contribution is 2.49. The molecule has 2 aliphatic rings. The van der Waals surface area contributed by atoms with Crippen LogP contribution in [0.25, 0.3) is 0 Å². The standard InChI is InChI=1S/C17H20N4O2/c1-12-3-4-13(9-15(12)21(22)23)10-20-8-5-14-16(19-11-18-14)17(20)6-2-7-17/h3-4,9,11H,2,5-8,10H2,1H3,(H,18,19). The van der Waals surface area contributed by atoms with Gasteiger partial charge < -0.3 is 4.98 Å². The van der Waals surface area contributed by atoms with Crippen molar-refractivity contribution >= 4 is 5.69 Å². The first-order valence-electron chi connectivity index (χ1n) is 8.12. The molecule has 1 aliphatic heterocycles. The first-order chi connectivity index (χ1) is 11.1. The number of nitro benzene ring substituents is 1. The van der Waals surface area contributed by atoms with Crippen molar-refractivity contribution in [3.05, 3.63) is 57.2 Å². The number of nitrogens with one attached hydrogen (secondary N) is 1. The van der Waals surface area contributed by atoms with E-state index in [1.54, 1.807) is 19.3 Å². The summed E-state index contributed by atoms with van der Waals surface area (Å²) in [5.74, 6) is 0. The summed E-state index contributed by atoms with van der Waals surface area (Å²) in [7, 11) is 0. The number of hydrogen-bond acceptors (Lipinski definition) is 4. The molecule has 2 aromatic rings. The van der Waals surface area contributed by atoms with Crippen molar-refractivity contribution < 1.29 is 4.92 Å². The second-order valence-corrected chi connectivity index (χ2v) is 6.66. The maximum atomic E-state index is 11.2. The molecule has 120 valence electrons. The molecular formula is C17H20N4O2. The Morgan fingerprint density at radius 2 is 2.26 bits per heavy atom. The minimum atomic E-state index is -0.292. The van der Waals surface area contributed by atoms with Gasteiger partial charge in [0.1, 0.15) is 0 Å². The van der Waals surface area contributed by atoms with Gasteiger partial charge in [0.05, 0.1) is 22.5 Å². The van der Waals surface area contributed by atoms with Crippen molar-refractivity contribution in [2.45, 2.75) is 44.7 Å². The van der Waals surface area contributed by atoms with Crippen LogP contribution >= 0.6 is 0 Å². The number of aryl methyl sites for hydroxylation is 1. The van der Waals surface area contributed by atoms with Crippen LogP contribution in [-0.2, 0) is 18.5 Å². The topological polar surface area (TPSA) is 75.1 Å². The molecule has 1 spiro atoms. The first-order valence-corrected chi connectivity index (χ1v) is 8.12. The zero-order valence-corrected chi connectivity index (χ0v) is 13.2. The summed E-state index contributed by atoms with van der Waals surface area (Å²) in [6, 6.07) is 5.58. The van der Waals surface area contributed by atoms with Gasteiger partial charge in [-0.1, -0.05) is 12.1 Å². The van der Waals surface area contributed by atoms with E-state index in [-0.39, 0.29) is 16.1 Å². The molecule has 1 aromatic carbocycles. The fourth-order valence-corrected chi connectivity index (χ4v) is 3.99. The molecule has 6 nitrogen and oxygen atoms in total. The predicted octanol–water partition coefficient (Wildman–Crippen LogP) is 3.06. The van der Waals surface area contributed by atoms with Crippen LogP contribution < -0.4 is 0 Å². The Kier molecular flexibility index (Phi) is 3.23. The summed E-state index contributed by atoms with van der Waals surface area (Å²) >= 11 is 0. The Balaban J connectivity index is 1.65. The zero-order valence-electron chi connectivity index (χ0n) is 13.2. The Hall–Kier alpha value is -2.21. The maximum absolute atomic E-state index is 11.2. The third kappa shape index (κ3) is 2.16. The van der Waals surface area contributed by atoms with E-state index in [4.69, 9.17) is 0 Å². The minimum Gasteiger partial charge on any atom is -0.348 e. The lowest BCUT2D eigenvalue weighted by atomic mass is 9.70. The van der Waals surface area contributed by atoms with Gasteiger partial charge in [0, 0.05) is 36.8 Å². The molecule has 0 atom stereocenters. The van der Waals surface area contributed by atoms with Crippen LogP contribution in [0.15, 0.2) is 24.5 Å². The van der Waals surface area contributed by atoms with Crippen LogP contribution in [0.3, 0.4) is 0 Å². The van der Waals surface area contributed by atoms with Crippen molar-refractivity contribution in [3.63, 3.8) is 0 Å².